The van der Waals surface area contributed by atoms with Gasteiger partial charge in [0.1, 0.15) is 0 Å². The highest BCUT2D eigenvalue weighted by molar-refractivity contribution is 5.57. The van der Waals surface area contributed by atoms with Crippen LogP contribution in [0.25, 0.3) is 0 Å². The van der Waals surface area contributed by atoms with E-state index in [9.17, 15) is 4.79 Å². The minimum atomic E-state index is -1.53. The summed E-state index contributed by atoms with van der Waals surface area (Å²) in [5, 5.41) is 20.2. The summed E-state index contributed by atoms with van der Waals surface area (Å²) in [5.74, 6) is 0. The van der Waals surface area contributed by atoms with Crippen molar-refractivity contribution in [3.05, 3.63) is 0 Å². The van der Waals surface area contributed by atoms with E-state index in [1.807, 2.05) is 0 Å². The predicted octanol–water partition coefficient (Wildman–Crippen LogP) is -0.0512. The van der Waals surface area contributed by atoms with Crippen molar-refractivity contribution in [2.24, 2.45) is 0 Å². The monoisotopic (exact) mass is 126 g/mol. The predicted molar refractivity (Wildman–Crippen MR) is 15.0 cm³/mol. The molecule has 0 radical (unpaired) electrons. The Balaban J connectivity index is 3.06. The van der Waals surface area contributed by atoms with Crippen LogP contribution in [0, 0.1) is 0 Å². The van der Waals surface area contributed by atoms with Gasteiger partial charge in [0.05, 0.1) is 0 Å². The zero-order valence-electron chi connectivity index (χ0n) is 3.44. The van der Waals surface area contributed by atoms with E-state index < -0.39 is 6.16 Å². The highest BCUT2D eigenvalue weighted by Crippen LogP contribution is 1.82. The van der Waals surface area contributed by atoms with Crippen molar-refractivity contribution in [2.45, 2.75) is 0 Å². The third-order valence-electron chi connectivity index (χ3n) is 0.211. The minimum absolute atomic E-state index is 1.53. The third kappa shape index (κ3) is 3.31. The Labute approximate surface area is 42.7 Å². The van der Waals surface area contributed by atoms with Crippen LogP contribution in [0.2, 0.25) is 0 Å². The third-order valence-corrected chi connectivity index (χ3v) is 0.211. The molecular weight excluding hydrogens is 124 g/mol. The molecule has 0 spiro atoms. The highest BCUT2D eigenvalue weighted by Gasteiger charge is 2.03. The first-order valence-corrected chi connectivity index (χ1v) is 1.31. The number of hydrogen-bond acceptors (Lipinski definition) is 7. The zero-order chi connectivity index (χ0) is 6.41. The normalized spacial score (nSPS) is 8.25. The Hall–Kier alpha value is -0.890. The Morgan fingerprint density at radius 1 is 1.12 bits per heavy atom. The Bertz CT molecular complexity index is 58.8. The van der Waals surface area contributed by atoms with Crippen LogP contribution in [0.15, 0.2) is 0 Å². The topological polar surface area (TPSA) is 94.5 Å². The van der Waals surface area contributed by atoms with Gasteiger partial charge < -0.3 is 0 Å². The molecule has 0 amide bonds. The van der Waals surface area contributed by atoms with Gasteiger partial charge in [-0.15, -0.1) is 0 Å². The second-order valence-corrected chi connectivity index (χ2v) is 0.566. The molecule has 0 atom stereocenters. The molecule has 0 saturated heterocycles. The molecule has 0 aliphatic carbocycles. The van der Waals surface area contributed by atoms with Gasteiger partial charge in [0, 0.05) is 0 Å². The Morgan fingerprint density at radius 2 is 1.50 bits per heavy atom. The van der Waals surface area contributed by atoms with Crippen LogP contribution in [0.4, 0.5) is 4.79 Å². The first-order chi connectivity index (χ1) is 3.81. The van der Waals surface area contributed by atoms with Gasteiger partial charge in [0.15, 0.2) is 0 Å². The SMILES string of the molecule is O=C(OOO)OOO. The van der Waals surface area contributed by atoms with Gasteiger partial charge >= 0.3 is 6.16 Å². The van der Waals surface area contributed by atoms with E-state index in [1.165, 1.54) is 0 Å². The number of hydrogen-bond donors (Lipinski definition) is 2. The van der Waals surface area contributed by atoms with E-state index in [0.29, 0.717) is 0 Å². The molecule has 8 heavy (non-hydrogen) atoms. The maximum absolute atomic E-state index is 9.63. The maximum atomic E-state index is 9.63. The molecule has 7 heteroatoms. The number of rotatable bonds is 2. The van der Waals surface area contributed by atoms with Gasteiger partial charge in [0.2, 0.25) is 0 Å². The van der Waals surface area contributed by atoms with E-state index in [4.69, 9.17) is 10.5 Å². The van der Waals surface area contributed by atoms with Crippen LogP contribution in [-0.4, -0.2) is 16.7 Å². The van der Waals surface area contributed by atoms with Gasteiger partial charge in [-0.25, -0.2) is 20.3 Å². The van der Waals surface area contributed by atoms with Crippen molar-refractivity contribution >= 4 is 6.16 Å². The zero-order valence-corrected chi connectivity index (χ0v) is 3.44. The van der Waals surface area contributed by atoms with Gasteiger partial charge in [-0.1, -0.05) is 0 Å². The van der Waals surface area contributed by atoms with Crippen LogP contribution < -0.4 is 0 Å². The molecule has 2 N–H and O–H groups in total. The van der Waals surface area contributed by atoms with Crippen LogP contribution in [0.5, 0.6) is 0 Å². The van der Waals surface area contributed by atoms with E-state index in [1.54, 1.807) is 0 Å². The molecule has 48 valence electrons. The summed E-state index contributed by atoms with van der Waals surface area (Å²) in [6.07, 6.45) is -1.53. The molecule has 0 rings (SSSR count). The minimum Gasteiger partial charge on any atom is -0.226 e. The molecule has 0 fully saturated rings. The molecule has 0 bridgehead atoms. The molecule has 0 unspecified atom stereocenters. The highest BCUT2D eigenvalue weighted by atomic mass is 17.5. The molecule has 7 nitrogen and oxygen atoms in total. The van der Waals surface area contributed by atoms with Gasteiger partial charge in [-0.2, -0.15) is 4.79 Å². The fourth-order valence-corrected chi connectivity index (χ4v) is 0.0747. The second-order valence-electron chi connectivity index (χ2n) is 0.566. The maximum Gasteiger partial charge on any atom is 0.577 e. The van der Waals surface area contributed by atoms with Crippen LogP contribution in [0.1, 0.15) is 0 Å². The first kappa shape index (κ1) is 7.11. The molecule has 0 saturated carbocycles. The summed E-state index contributed by atoms with van der Waals surface area (Å²) in [6.45, 7) is 0. The number of carbonyl (C=O) groups is 1. The van der Waals surface area contributed by atoms with Crippen LogP contribution in [0.3, 0.4) is 0 Å². The standard InChI is InChI=1S/CH2O7/c2-1(5-7-3)6-8-4/h3-4H. The second kappa shape index (κ2) is 4.27. The fourth-order valence-electron chi connectivity index (χ4n) is 0.0747. The van der Waals surface area contributed by atoms with Crippen molar-refractivity contribution in [1.82, 2.24) is 0 Å². The molecule has 0 aromatic carbocycles. The van der Waals surface area contributed by atoms with Crippen molar-refractivity contribution in [1.29, 1.82) is 0 Å². The molecule has 0 aromatic heterocycles. The summed E-state index contributed by atoms with van der Waals surface area (Å²) < 4.78 is 0. The van der Waals surface area contributed by atoms with Crippen LogP contribution in [-0.2, 0) is 19.9 Å². The van der Waals surface area contributed by atoms with Crippen molar-refractivity contribution < 1.29 is 35.2 Å². The number of carbonyl (C=O) groups excluding carboxylic acids is 1. The lowest BCUT2D eigenvalue weighted by molar-refractivity contribution is -0.506. The first-order valence-electron chi connectivity index (χ1n) is 1.31. The van der Waals surface area contributed by atoms with Gasteiger partial charge in [-0.05, 0) is 10.1 Å². The smallest absolute Gasteiger partial charge is 0.226 e. The lowest BCUT2D eigenvalue weighted by Gasteiger charge is -1.90. The Morgan fingerprint density at radius 3 is 1.75 bits per heavy atom. The molecule has 0 aliphatic heterocycles. The summed E-state index contributed by atoms with van der Waals surface area (Å²) in [7, 11) is 0. The average molecular weight is 126 g/mol. The van der Waals surface area contributed by atoms with E-state index in [-0.39, 0.29) is 0 Å². The summed E-state index contributed by atoms with van der Waals surface area (Å²) >= 11 is 0. The van der Waals surface area contributed by atoms with Crippen molar-refractivity contribution in [3.63, 3.8) is 0 Å². The van der Waals surface area contributed by atoms with E-state index in [0.717, 1.165) is 0 Å². The summed E-state index contributed by atoms with van der Waals surface area (Å²) in [6, 6.07) is 0. The molecule has 0 aliphatic rings. The Kier molecular flexibility index (Phi) is 3.80. The summed E-state index contributed by atoms with van der Waals surface area (Å²) in [4.78, 5) is 16.0. The van der Waals surface area contributed by atoms with E-state index in [2.05, 4.69) is 19.9 Å². The lowest BCUT2D eigenvalue weighted by atomic mass is 11.4. The molecule has 0 heterocycles. The fraction of sp³-hybridized carbons (Fsp3) is 0. The quantitative estimate of drug-likeness (QED) is 0.395. The van der Waals surface area contributed by atoms with Gasteiger partial charge in [-0.3, -0.25) is 0 Å². The van der Waals surface area contributed by atoms with Crippen LogP contribution >= 0.6 is 0 Å². The largest absolute Gasteiger partial charge is 0.577 e. The molecular formula is CH2O7. The lowest BCUT2D eigenvalue weighted by Crippen LogP contribution is -2.05. The van der Waals surface area contributed by atoms with Gasteiger partial charge in [0.25, 0.3) is 0 Å². The average Bonchev–Trinajstić information content (AvgIpc) is 1.68. The van der Waals surface area contributed by atoms with Crippen molar-refractivity contribution in [2.75, 3.05) is 0 Å². The van der Waals surface area contributed by atoms with E-state index >= 15 is 0 Å². The van der Waals surface area contributed by atoms with Crippen molar-refractivity contribution in [3.8, 4) is 0 Å². The molecule has 0 aromatic rings. The summed E-state index contributed by atoms with van der Waals surface area (Å²) in [5.41, 5.74) is 0.